The zero-order chi connectivity index (χ0) is 25.2. The third kappa shape index (κ3) is 5.44. The minimum Gasteiger partial charge on any atom is -0.480 e. The van der Waals surface area contributed by atoms with E-state index in [9.17, 15) is 18.8 Å². The van der Waals surface area contributed by atoms with Gasteiger partial charge in [0.25, 0.3) is 5.91 Å². The lowest BCUT2D eigenvalue weighted by Gasteiger charge is -2.29. The number of nitrogens with zero attached hydrogens (tertiary/aromatic N) is 2. The Bertz CT molecular complexity index is 1120. The van der Waals surface area contributed by atoms with Crippen molar-refractivity contribution in [3.8, 4) is 5.69 Å². The van der Waals surface area contributed by atoms with Crippen LogP contribution in [-0.2, 0) is 11.2 Å². The summed E-state index contributed by atoms with van der Waals surface area (Å²) in [7, 11) is 0. The summed E-state index contributed by atoms with van der Waals surface area (Å²) in [6.45, 7) is 5.62. The lowest BCUT2D eigenvalue weighted by atomic mass is 9.75. The van der Waals surface area contributed by atoms with Crippen LogP contribution in [0.4, 0.5) is 10.1 Å². The smallest absolute Gasteiger partial charge is 0.317 e. The fraction of sp³-hybridized carbons (Fsp3) is 0.500. The first kappa shape index (κ1) is 25.4. The highest BCUT2D eigenvalue weighted by Gasteiger charge is 2.36. The Labute approximate surface area is 197 Å². The van der Waals surface area contributed by atoms with E-state index in [0.717, 1.165) is 31.4 Å². The number of aryl methyl sites for hydroxylation is 1. The van der Waals surface area contributed by atoms with Gasteiger partial charge in [-0.2, -0.15) is 5.10 Å². The van der Waals surface area contributed by atoms with Gasteiger partial charge in [-0.1, -0.05) is 26.7 Å². The summed E-state index contributed by atoms with van der Waals surface area (Å²) in [5, 5.41) is 15.5. The van der Waals surface area contributed by atoms with Gasteiger partial charge in [0.1, 0.15) is 5.82 Å². The number of aliphatic carboxylic acids is 1. The highest BCUT2D eigenvalue weighted by atomic mass is 19.1. The average molecular weight is 474 g/mol. The number of nitrogens with two attached hydrogens (primary N) is 2. The molecule has 9 nitrogen and oxygen atoms in total. The van der Waals surface area contributed by atoms with Crippen LogP contribution in [0.15, 0.2) is 12.1 Å². The van der Waals surface area contributed by atoms with Gasteiger partial charge in [-0.05, 0) is 37.7 Å². The first-order valence-corrected chi connectivity index (χ1v) is 11.4. The number of carboxylic acid groups (broad SMARTS) is 1. The van der Waals surface area contributed by atoms with Gasteiger partial charge in [0.05, 0.1) is 40.4 Å². The monoisotopic (exact) mass is 473 g/mol. The first-order chi connectivity index (χ1) is 15.9. The van der Waals surface area contributed by atoms with Gasteiger partial charge >= 0.3 is 5.97 Å². The zero-order valence-corrected chi connectivity index (χ0v) is 19.8. The summed E-state index contributed by atoms with van der Waals surface area (Å²) < 4.78 is 16.6. The van der Waals surface area contributed by atoms with Gasteiger partial charge in [-0.3, -0.25) is 14.4 Å². The van der Waals surface area contributed by atoms with Gasteiger partial charge in [-0.25, -0.2) is 9.07 Å². The van der Waals surface area contributed by atoms with Crippen LogP contribution in [0, 0.1) is 18.2 Å². The van der Waals surface area contributed by atoms with Crippen LogP contribution < -0.4 is 16.8 Å². The van der Waals surface area contributed by atoms with Crippen molar-refractivity contribution in [2.24, 2.45) is 16.9 Å². The molecule has 0 radical (unpaired) electrons. The fourth-order valence-corrected chi connectivity index (χ4v) is 4.72. The standard InChI is InChI=1S/C22H27FN4O2.C2H5NO2/c1-12-19-17(10-22(2,3)11-18(19)28)27(26-12)14-8-15(23)20(21(24)29)16(9-14)25-13-6-4-5-7-13;3-1-2(4)5/h8-9,13,25H,4-7,10-11H2,1-3H3,(H2,24,29);1,3H2,(H,4,5). The maximum Gasteiger partial charge on any atom is 0.317 e. The highest BCUT2D eigenvalue weighted by Crippen LogP contribution is 2.38. The van der Waals surface area contributed by atoms with Crippen LogP contribution in [-0.4, -0.2) is 45.1 Å². The molecule has 1 amide bonds. The number of carboxylic acids is 1. The number of hydrogen-bond acceptors (Lipinski definition) is 6. The van der Waals surface area contributed by atoms with Crippen LogP contribution >= 0.6 is 0 Å². The summed E-state index contributed by atoms with van der Waals surface area (Å²) in [5.41, 5.74) is 12.7. The largest absolute Gasteiger partial charge is 0.480 e. The van der Waals surface area contributed by atoms with Crippen LogP contribution in [0.25, 0.3) is 5.69 Å². The molecule has 2 aliphatic carbocycles. The number of Topliss-reactive ketones (excluding diaryl/α,β-unsaturated/α-hetero) is 1. The number of carbonyl (C=O) groups is 3. The van der Waals surface area contributed by atoms with Gasteiger partial charge in [0.15, 0.2) is 5.78 Å². The molecular formula is C24H32FN5O4. The number of benzene rings is 1. The van der Waals surface area contributed by atoms with E-state index in [1.165, 1.54) is 6.07 Å². The van der Waals surface area contributed by atoms with Gasteiger partial charge in [0.2, 0.25) is 0 Å². The Morgan fingerprint density at radius 2 is 1.88 bits per heavy atom. The molecule has 0 bridgehead atoms. The number of halogens is 1. The molecule has 4 rings (SSSR count). The summed E-state index contributed by atoms with van der Waals surface area (Å²) >= 11 is 0. The lowest BCUT2D eigenvalue weighted by molar-refractivity contribution is -0.135. The average Bonchev–Trinajstić information content (AvgIpc) is 3.34. The molecule has 184 valence electrons. The van der Waals surface area contributed by atoms with Crippen molar-refractivity contribution in [1.82, 2.24) is 9.78 Å². The number of nitrogens with one attached hydrogen (secondary N) is 1. The molecule has 1 aromatic carbocycles. The molecule has 1 heterocycles. The van der Waals surface area contributed by atoms with Crippen LogP contribution in [0.5, 0.6) is 0 Å². The second-order valence-corrected chi connectivity index (χ2v) is 9.70. The number of rotatable bonds is 5. The maximum atomic E-state index is 14.9. The molecule has 10 heteroatoms. The molecule has 0 spiro atoms. The van der Waals surface area contributed by atoms with E-state index >= 15 is 0 Å². The number of anilines is 1. The van der Waals surface area contributed by atoms with Crippen molar-refractivity contribution < 1.29 is 23.9 Å². The summed E-state index contributed by atoms with van der Waals surface area (Å²) in [6, 6.07) is 3.19. The normalized spacial score (nSPS) is 17.0. The topological polar surface area (TPSA) is 153 Å². The van der Waals surface area contributed by atoms with Crippen molar-refractivity contribution in [1.29, 1.82) is 0 Å². The van der Waals surface area contributed by atoms with Crippen LogP contribution in [0.1, 0.15) is 78.1 Å². The number of aromatic nitrogens is 2. The Morgan fingerprint density at radius 1 is 1.26 bits per heavy atom. The molecule has 0 aliphatic heterocycles. The predicted octanol–water partition coefficient (Wildman–Crippen LogP) is 2.96. The summed E-state index contributed by atoms with van der Waals surface area (Å²) in [5.74, 6) is -2.38. The van der Waals surface area contributed by atoms with Gasteiger partial charge in [0, 0.05) is 18.5 Å². The third-order valence-corrected chi connectivity index (χ3v) is 6.18. The summed E-state index contributed by atoms with van der Waals surface area (Å²) in [6.07, 6.45) is 5.30. The Hall–Kier alpha value is -3.27. The molecule has 6 N–H and O–H groups in total. The van der Waals surface area contributed by atoms with Crippen molar-refractivity contribution >= 4 is 23.3 Å². The fourth-order valence-electron chi connectivity index (χ4n) is 4.72. The van der Waals surface area contributed by atoms with Crippen molar-refractivity contribution in [2.75, 3.05) is 11.9 Å². The molecule has 1 aromatic heterocycles. The van der Waals surface area contributed by atoms with E-state index in [4.69, 9.17) is 10.8 Å². The number of amides is 1. The SMILES string of the molecule is Cc1nn(-c2cc(F)c(C(N)=O)c(NC3CCCC3)c2)c2c1C(=O)CC(C)(C)C2.NCC(=O)O. The summed E-state index contributed by atoms with van der Waals surface area (Å²) in [4.78, 5) is 33.8. The predicted molar refractivity (Wildman–Crippen MR) is 126 cm³/mol. The molecule has 0 unspecified atom stereocenters. The number of hydrogen-bond donors (Lipinski definition) is 4. The second-order valence-electron chi connectivity index (χ2n) is 9.70. The first-order valence-electron chi connectivity index (χ1n) is 11.4. The van der Waals surface area contributed by atoms with Crippen molar-refractivity contribution in [3.63, 3.8) is 0 Å². The van der Waals surface area contributed by atoms with Gasteiger partial charge in [-0.15, -0.1) is 0 Å². The zero-order valence-electron chi connectivity index (χ0n) is 19.8. The Balaban J connectivity index is 0.000000588. The van der Waals surface area contributed by atoms with E-state index in [1.54, 1.807) is 17.7 Å². The van der Waals surface area contributed by atoms with Crippen LogP contribution in [0.3, 0.4) is 0 Å². The van der Waals surface area contributed by atoms with Crippen molar-refractivity contribution in [2.45, 2.75) is 65.3 Å². The highest BCUT2D eigenvalue weighted by molar-refractivity contribution is 6.00. The quantitative estimate of drug-likeness (QED) is 0.521. The minimum atomic E-state index is -0.968. The number of carbonyl (C=O) groups excluding carboxylic acids is 2. The van der Waals surface area contributed by atoms with E-state index in [-0.39, 0.29) is 29.3 Å². The number of primary amides is 1. The lowest BCUT2D eigenvalue weighted by Crippen LogP contribution is -2.28. The number of fused-ring (bicyclic) bond motifs is 1. The third-order valence-electron chi connectivity index (χ3n) is 6.18. The number of ketones is 1. The molecule has 0 atom stereocenters. The molecule has 2 aromatic rings. The molecule has 0 saturated heterocycles. The molecule has 34 heavy (non-hydrogen) atoms. The molecule has 1 fully saturated rings. The Kier molecular flexibility index (Phi) is 7.40. The van der Waals surface area contributed by atoms with E-state index < -0.39 is 17.7 Å². The van der Waals surface area contributed by atoms with E-state index in [2.05, 4.69) is 16.1 Å². The van der Waals surface area contributed by atoms with Crippen molar-refractivity contribution in [3.05, 3.63) is 40.5 Å². The van der Waals surface area contributed by atoms with E-state index in [0.29, 0.717) is 35.5 Å². The molecular weight excluding hydrogens is 441 g/mol. The van der Waals surface area contributed by atoms with Gasteiger partial charge < -0.3 is 21.9 Å². The molecule has 1 saturated carbocycles. The van der Waals surface area contributed by atoms with Crippen LogP contribution in [0.2, 0.25) is 0 Å². The second kappa shape index (κ2) is 9.92. The minimum absolute atomic E-state index is 0.0681. The van der Waals surface area contributed by atoms with E-state index in [1.807, 2.05) is 13.8 Å². The molecule has 2 aliphatic rings. The maximum absolute atomic E-state index is 14.9. The Morgan fingerprint density at radius 3 is 2.44 bits per heavy atom.